The van der Waals surface area contributed by atoms with Gasteiger partial charge in [0.05, 0.1) is 17.0 Å². The molecule has 0 heterocycles. The predicted octanol–water partition coefficient (Wildman–Crippen LogP) is 1.28. The van der Waals surface area contributed by atoms with Crippen LogP contribution in [0.5, 0.6) is 0 Å². The van der Waals surface area contributed by atoms with Crippen LogP contribution in [0.2, 0.25) is 5.02 Å². The van der Waals surface area contributed by atoms with E-state index in [0.717, 1.165) is 0 Å². The molecule has 0 unspecified atom stereocenters. The zero-order valence-corrected chi connectivity index (χ0v) is 10.4. The molecular weight excluding hydrogens is 300 g/mol. The zero-order valence-electron chi connectivity index (χ0n) is 9.69. The number of halogens is 3. The van der Waals surface area contributed by atoms with Crippen LogP contribution in [0.1, 0.15) is 16.8 Å². The second kappa shape index (κ2) is 6.29. The van der Waals surface area contributed by atoms with E-state index in [2.05, 4.69) is 0 Å². The van der Waals surface area contributed by atoms with Crippen molar-refractivity contribution in [3.63, 3.8) is 0 Å². The molecule has 3 N–H and O–H groups in total. The SMILES string of the molecule is O=C(O)C[C@@H](NC(=O)c1cc(F)c(Cl)cc1F)C(=O)O. The van der Waals surface area contributed by atoms with E-state index >= 15 is 0 Å². The van der Waals surface area contributed by atoms with Crippen LogP contribution in [0.25, 0.3) is 0 Å². The molecule has 0 fully saturated rings. The molecule has 0 bridgehead atoms. The van der Waals surface area contributed by atoms with Crippen molar-refractivity contribution in [2.24, 2.45) is 0 Å². The molecule has 20 heavy (non-hydrogen) atoms. The quantitative estimate of drug-likeness (QED) is 0.711. The molecule has 1 amide bonds. The van der Waals surface area contributed by atoms with E-state index in [4.69, 9.17) is 21.8 Å². The number of carbonyl (C=O) groups is 3. The summed E-state index contributed by atoms with van der Waals surface area (Å²) in [6, 6.07) is -0.719. The van der Waals surface area contributed by atoms with Crippen LogP contribution in [0.3, 0.4) is 0 Å². The van der Waals surface area contributed by atoms with Crippen molar-refractivity contribution in [2.75, 3.05) is 0 Å². The van der Waals surface area contributed by atoms with Gasteiger partial charge in [-0.25, -0.2) is 13.6 Å². The number of amides is 1. The van der Waals surface area contributed by atoms with Gasteiger partial charge in [0, 0.05) is 0 Å². The number of hydrogen-bond donors (Lipinski definition) is 3. The Morgan fingerprint density at radius 1 is 1.20 bits per heavy atom. The lowest BCUT2D eigenvalue weighted by atomic mass is 10.1. The first-order valence-corrected chi connectivity index (χ1v) is 5.50. The smallest absolute Gasteiger partial charge is 0.326 e. The molecule has 1 atom stereocenters. The van der Waals surface area contributed by atoms with Crippen LogP contribution in [-0.2, 0) is 9.59 Å². The minimum atomic E-state index is -1.77. The molecule has 0 aliphatic heterocycles. The van der Waals surface area contributed by atoms with Crippen molar-refractivity contribution in [1.29, 1.82) is 0 Å². The van der Waals surface area contributed by atoms with Crippen molar-refractivity contribution >= 4 is 29.4 Å². The molecule has 0 aliphatic carbocycles. The highest BCUT2D eigenvalue weighted by Gasteiger charge is 2.25. The number of aliphatic carboxylic acids is 2. The topological polar surface area (TPSA) is 104 Å². The Morgan fingerprint density at radius 2 is 1.80 bits per heavy atom. The Balaban J connectivity index is 2.97. The second-order valence-corrected chi connectivity index (χ2v) is 4.12. The van der Waals surface area contributed by atoms with Gasteiger partial charge in [0.25, 0.3) is 5.91 Å². The summed E-state index contributed by atoms with van der Waals surface area (Å²) in [5, 5.41) is 18.4. The number of rotatable bonds is 5. The second-order valence-electron chi connectivity index (χ2n) is 3.71. The monoisotopic (exact) mass is 307 g/mol. The van der Waals surface area contributed by atoms with E-state index in [9.17, 15) is 23.2 Å². The first-order valence-electron chi connectivity index (χ1n) is 5.12. The fraction of sp³-hybridized carbons (Fsp3) is 0.182. The molecule has 0 saturated carbocycles. The maximum atomic E-state index is 13.4. The summed E-state index contributed by atoms with van der Waals surface area (Å²) < 4.78 is 26.6. The zero-order chi connectivity index (χ0) is 15.4. The van der Waals surface area contributed by atoms with Gasteiger partial charge in [0.15, 0.2) is 0 Å². The van der Waals surface area contributed by atoms with Crippen LogP contribution >= 0.6 is 11.6 Å². The van der Waals surface area contributed by atoms with Gasteiger partial charge in [-0.3, -0.25) is 9.59 Å². The number of nitrogens with one attached hydrogen (secondary N) is 1. The summed E-state index contributed by atoms with van der Waals surface area (Å²) in [5.74, 6) is -6.57. The lowest BCUT2D eigenvalue weighted by molar-refractivity contribution is -0.145. The summed E-state index contributed by atoms with van der Waals surface area (Å²) in [7, 11) is 0. The molecule has 9 heteroatoms. The number of hydrogen-bond acceptors (Lipinski definition) is 3. The first-order chi connectivity index (χ1) is 9.22. The minimum Gasteiger partial charge on any atom is -0.481 e. The summed E-state index contributed by atoms with van der Waals surface area (Å²) >= 11 is 5.30. The third-order valence-corrected chi connectivity index (χ3v) is 2.53. The minimum absolute atomic E-state index is 0.493. The van der Waals surface area contributed by atoms with Gasteiger partial charge in [-0.1, -0.05) is 11.6 Å². The fourth-order valence-electron chi connectivity index (χ4n) is 1.31. The Kier molecular flexibility index (Phi) is 4.98. The van der Waals surface area contributed by atoms with E-state index in [-0.39, 0.29) is 0 Å². The van der Waals surface area contributed by atoms with Gasteiger partial charge in [0.2, 0.25) is 0 Å². The lowest BCUT2D eigenvalue weighted by Gasteiger charge is -2.13. The van der Waals surface area contributed by atoms with Gasteiger partial charge in [0.1, 0.15) is 17.7 Å². The highest BCUT2D eigenvalue weighted by Crippen LogP contribution is 2.19. The van der Waals surface area contributed by atoms with E-state index < -0.39 is 52.5 Å². The molecule has 1 aromatic rings. The molecule has 1 aromatic carbocycles. The molecular formula is C11H8ClF2NO5. The van der Waals surface area contributed by atoms with Crippen molar-refractivity contribution in [3.8, 4) is 0 Å². The molecule has 0 saturated heterocycles. The molecule has 0 radical (unpaired) electrons. The van der Waals surface area contributed by atoms with Gasteiger partial charge in [-0.15, -0.1) is 0 Å². The summed E-state index contributed by atoms with van der Waals surface area (Å²) in [5.41, 5.74) is -0.775. The van der Waals surface area contributed by atoms with Crippen LogP contribution in [0, 0.1) is 11.6 Å². The lowest BCUT2D eigenvalue weighted by Crippen LogP contribution is -2.42. The molecule has 6 nitrogen and oxygen atoms in total. The van der Waals surface area contributed by atoms with Gasteiger partial charge in [-0.05, 0) is 12.1 Å². The third-order valence-electron chi connectivity index (χ3n) is 2.24. The molecule has 0 spiro atoms. The van der Waals surface area contributed by atoms with Gasteiger partial charge in [-0.2, -0.15) is 0 Å². The Bertz CT molecular complexity index is 578. The number of carbonyl (C=O) groups excluding carboxylic acids is 1. The van der Waals surface area contributed by atoms with Crippen LogP contribution < -0.4 is 5.32 Å². The van der Waals surface area contributed by atoms with Crippen LogP contribution in [0.4, 0.5) is 8.78 Å². The van der Waals surface area contributed by atoms with Crippen molar-refractivity contribution < 1.29 is 33.4 Å². The van der Waals surface area contributed by atoms with Gasteiger partial charge < -0.3 is 15.5 Å². The predicted molar refractivity (Wildman–Crippen MR) is 62.5 cm³/mol. The van der Waals surface area contributed by atoms with Crippen molar-refractivity contribution in [1.82, 2.24) is 5.32 Å². The van der Waals surface area contributed by atoms with Gasteiger partial charge >= 0.3 is 11.9 Å². The average molecular weight is 308 g/mol. The normalized spacial score (nSPS) is 11.8. The van der Waals surface area contributed by atoms with E-state index in [1.807, 2.05) is 0 Å². The largest absolute Gasteiger partial charge is 0.481 e. The van der Waals surface area contributed by atoms with E-state index in [1.54, 1.807) is 5.32 Å². The summed E-state index contributed by atoms with van der Waals surface area (Å²) in [6.07, 6.45) is -0.904. The Hall–Kier alpha value is -2.22. The van der Waals surface area contributed by atoms with E-state index in [0.29, 0.717) is 12.1 Å². The maximum Gasteiger partial charge on any atom is 0.326 e. The average Bonchev–Trinajstić information content (AvgIpc) is 2.32. The highest BCUT2D eigenvalue weighted by atomic mass is 35.5. The molecule has 108 valence electrons. The Morgan fingerprint density at radius 3 is 2.30 bits per heavy atom. The number of carboxylic acid groups (broad SMARTS) is 2. The standard InChI is InChI=1S/C11H8ClF2NO5/c12-5-2-6(13)4(1-7(5)14)10(18)15-8(11(19)20)3-9(16)17/h1-2,8H,3H2,(H,15,18)(H,16,17)(H,19,20)/t8-/m1/s1. The first kappa shape index (κ1) is 15.8. The third kappa shape index (κ3) is 3.89. The fourth-order valence-corrected chi connectivity index (χ4v) is 1.46. The van der Waals surface area contributed by atoms with Crippen LogP contribution in [-0.4, -0.2) is 34.1 Å². The van der Waals surface area contributed by atoms with Crippen molar-refractivity contribution in [3.05, 3.63) is 34.4 Å². The van der Waals surface area contributed by atoms with E-state index in [1.165, 1.54) is 0 Å². The van der Waals surface area contributed by atoms with Crippen molar-refractivity contribution in [2.45, 2.75) is 12.5 Å². The molecule has 0 aliphatic rings. The summed E-state index contributed by atoms with van der Waals surface area (Å²) in [6.45, 7) is 0. The number of carboxylic acids is 2. The summed E-state index contributed by atoms with van der Waals surface area (Å²) in [4.78, 5) is 32.8. The Labute approximate surface area is 116 Å². The maximum absolute atomic E-state index is 13.4. The molecule has 1 rings (SSSR count). The van der Waals surface area contributed by atoms with Crippen LogP contribution in [0.15, 0.2) is 12.1 Å². The highest BCUT2D eigenvalue weighted by molar-refractivity contribution is 6.30. The number of benzene rings is 1. The molecule has 0 aromatic heterocycles.